The van der Waals surface area contributed by atoms with Crippen molar-refractivity contribution in [2.75, 3.05) is 58.4 Å². The smallest absolute Gasteiger partial charge is 0.243 e. The molecule has 39 heavy (non-hydrogen) atoms. The Morgan fingerprint density at radius 1 is 0.923 bits per heavy atom. The largest absolute Gasteiger partial charge is 0.385 e. The first-order valence-corrected chi connectivity index (χ1v) is 14.9. The third-order valence-corrected chi connectivity index (χ3v) is 9.25. The number of piperazine rings is 1. The predicted molar refractivity (Wildman–Crippen MR) is 156 cm³/mol. The van der Waals surface area contributed by atoms with Gasteiger partial charge in [0.05, 0.1) is 16.3 Å². The molecule has 8 nitrogen and oxygen atoms in total. The molecule has 9 heteroatoms. The molecule has 0 aliphatic carbocycles. The number of hydrogen-bond acceptors (Lipinski definition) is 6. The minimum Gasteiger partial charge on any atom is -0.385 e. The topological polar surface area (TPSA) is 70.9 Å². The second kappa shape index (κ2) is 11.9. The standard InChI is InChI=1S/C30H37N5O3S/c1-24-29(30(33-19-17-32(2)18-20-33)35(31-24)27-12-5-4-6-13-27)23-34(16-9-21-38-3)39(36,37)28-15-14-25-10-7-8-11-26(25)22-28/h4-8,10-15,22H,9,16-21,23H2,1-3H3. The van der Waals surface area contributed by atoms with E-state index in [0.717, 1.165) is 59.7 Å². The highest BCUT2D eigenvalue weighted by Crippen LogP contribution is 2.32. The van der Waals surface area contributed by atoms with Crippen molar-refractivity contribution in [3.63, 3.8) is 0 Å². The zero-order valence-electron chi connectivity index (χ0n) is 23.0. The molecule has 1 aliphatic heterocycles. The Balaban J connectivity index is 1.57. The Hall–Kier alpha value is -3.24. The van der Waals surface area contributed by atoms with Crippen molar-refractivity contribution in [3.8, 4) is 5.69 Å². The molecular formula is C30H37N5O3S. The molecule has 206 valence electrons. The summed E-state index contributed by atoms with van der Waals surface area (Å²) in [7, 11) is -0.0144. The van der Waals surface area contributed by atoms with E-state index in [1.807, 2.05) is 72.3 Å². The van der Waals surface area contributed by atoms with Crippen LogP contribution in [0.4, 0.5) is 5.82 Å². The lowest BCUT2D eigenvalue weighted by Gasteiger charge is -2.35. The molecule has 2 heterocycles. The maximum absolute atomic E-state index is 14.1. The first-order valence-electron chi connectivity index (χ1n) is 13.4. The van der Waals surface area contributed by atoms with Crippen LogP contribution in [0.5, 0.6) is 0 Å². The van der Waals surface area contributed by atoms with E-state index < -0.39 is 10.0 Å². The van der Waals surface area contributed by atoms with Crippen LogP contribution in [0.1, 0.15) is 17.7 Å². The van der Waals surface area contributed by atoms with Gasteiger partial charge < -0.3 is 14.5 Å². The molecule has 0 bridgehead atoms. The fourth-order valence-corrected chi connectivity index (χ4v) is 6.63. The molecule has 5 rings (SSSR count). The number of fused-ring (bicyclic) bond motifs is 1. The molecule has 1 saturated heterocycles. The Labute approximate surface area is 231 Å². The van der Waals surface area contributed by atoms with Gasteiger partial charge in [-0.05, 0) is 55.4 Å². The van der Waals surface area contributed by atoms with Crippen molar-refractivity contribution in [2.24, 2.45) is 0 Å². The summed E-state index contributed by atoms with van der Waals surface area (Å²) in [6.45, 7) is 6.61. The van der Waals surface area contributed by atoms with Gasteiger partial charge in [-0.1, -0.05) is 48.5 Å². The van der Waals surface area contributed by atoms with Crippen LogP contribution in [0.3, 0.4) is 0 Å². The van der Waals surface area contributed by atoms with Gasteiger partial charge in [0.2, 0.25) is 10.0 Å². The van der Waals surface area contributed by atoms with Crippen LogP contribution in [0.2, 0.25) is 0 Å². The maximum atomic E-state index is 14.1. The highest BCUT2D eigenvalue weighted by atomic mass is 32.2. The third kappa shape index (κ3) is 5.86. The number of hydrogen-bond donors (Lipinski definition) is 0. The van der Waals surface area contributed by atoms with E-state index in [2.05, 4.69) is 16.8 Å². The number of nitrogens with zero attached hydrogens (tertiary/aromatic N) is 5. The quantitative estimate of drug-likeness (QED) is 0.276. The Morgan fingerprint density at radius 2 is 1.62 bits per heavy atom. The van der Waals surface area contributed by atoms with Crippen molar-refractivity contribution >= 4 is 26.6 Å². The number of methoxy groups -OCH3 is 1. The van der Waals surface area contributed by atoms with Crippen molar-refractivity contribution in [2.45, 2.75) is 24.8 Å². The summed E-state index contributed by atoms with van der Waals surface area (Å²) in [5, 5.41) is 6.85. The molecule has 1 aromatic heterocycles. The number of para-hydroxylation sites is 1. The van der Waals surface area contributed by atoms with E-state index >= 15 is 0 Å². The van der Waals surface area contributed by atoms with Crippen LogP contribution in [-0.4, -0.2) is 80.9 Å². The second-order valence-corrected chi connectivity index (χ2v) is 12.1. The lowest BCUT2D eigenvalue weighted by Crippen LogP contribution is -2.45. The van der Waals surface area contributed by atoms with Gasteiger partial charge in [0.1, 0.15) is 5.82 Å². The first kappa shape index (κ1) is 27.3. The van der Waals surface area contributed by atoms with Gasteiger partial charge in [-0.3, -0.25) is 0 Å². The first-order chi connectivity index (χ1) is 18.9. The Morgan fingerprint density at radius 3 is 2.33 bits per heavy atom. The molecule has 0 spiro atoms. The minimum absolute atomic E-state index is 0.235. The van der Waals surface area contributed by atoms with Crippen LogP contribution < -0.4 is 4.90 Å². The summed E-state index contributed by atoms with van der Waals surface area (Å²) in [5.74, 6) is 0.970. The van der Waals surface area contributed by atoms with Gasteiger partial charge >= 0.3 is 0 Å². The molecule has 1 fully saturated rings. The van der Waals surface area contributed by atoms with Crippen LogP contribution in [0.25, 0.3) is 16.5 Å². The highest BCUT2D eigenvalue weighted by Gasteiger charge is 2.30. The maximum Gasteiger partial charge on any atom is 0.243 e. The highest BCUT2D eigenvalue weighted by molar-refractivity contribution is 7.89. The summed E-state index contributed by atoms with van der Waals surface area (Å²) < 4.78 is 37.1. The van der Waals surface area contributed by atoms with Crippen molar-refractivity contribution < 1.29 is 13.2 Å². The van der Waals surface area contributed by atoms with E-state index in [1.54, 1.807) is 23.5 Å². The SMILES string of the molecule is COCCCN(Cc1c(C)nn(-c2ccccc2)c1N1CCN(C)CC1)S(=O)(=O)c1ccc2ccccc2c1. The number of likely N-dealkylation sites (N-methyl/N-ethyl adjacent to an activating group) is 1. The van der Waals surface area contributed by atoms with E-state index in [0.29, 0.717) is 24.5 Å². The van der Waals surface area contributed by atoms with Gasteiger partial charge in [-0.2, -0.15) is 9.40 Å². The molecule has 0 radical (unpaired) electrons. The van der Waals surface area contributed by atoms with Gasteiger partial charge in [-0.25, -0.2) is 13.1 Å². The van der Waals surface area contributed by atoms with E-state index in [-0.39, 0.29) is 6.54 Å². The predicted octanol–water partition coefficient (Wildman–Crippen LogP) is 4.31. The van der Waals surface area contributed by atoms with E-state index in [4.69, 9.17) is 9.84 Å². The molecule has 3 aromatic carbocycles. The summed E-state index contributed by atoms with van der Waals surface area (Å²) in [5.41, 5.74) is 2.73. The van der Waals surface area contributed by atoms with Gasteiger partial charge in [0, 0.05) is 58.5 Å². The minimum atomic E-state index is -3.79. The molecule has 0 atom stereocenters. The zero-order chi connectivity index (χ0) is 27.4. The van der Waals surface area contributed by atoms with Gasteiger partial charge in [0.15, 0.2) is 0 Å². The van der Waals surface area contributed by atoms with Gasteiger partial charge in [0.25, 0.3) is 0 Å². The Kier molecular flexibility index (Phi) is 8.32. The van der Waals surface area contributed by atoms with Crippen molar-refractivity contribution in [1.29, 1.82) is 0 Å². The third-order valence-electron chi connectivity index (χ3n) is 7.41. The van der Waals surface area contributed by atoms with E-state index in [9.17, 15) is 8.42 Å². The number of aromatic nitrogens is 2. The number of rotatable bonds is 10. The number of sulfonamides is 1. The zero-order valence-corrected chi connectivity index (χ0v) is 23.8. The Bertz CT molecular complexity index is 1510. The number of aryl methyl sites for hydroxylation is 1. The molecule has 4 aromatic rings. The monoisotopic (exact) mass is 547 g/mol. The summed E-state index contributed by atoms with van der Waals surface area (Å²) in [6, 6.07) is 23.3. The lowest BCUT2D eigenvalue weighted by atomic mass is 10.1. The molecule has 1 aliphatic rings. The van der Waals surface area contributed by atoms with Crippen LogP contribution in [0.15, 0.2) is 77.7 Å². The average Bonchev–Trinajstić information content (AvgIpc) is 3.28. The summed E-state index contributed by atoms with van der Waals surface area (Å²) >= 11 is 0. The number of benzene rings is 3. The second-order valence-electron chi connectivity index (χ2n) is 10.1. The number of anilines is 1. The summed E-state index contributed by atoms with van der Waals surface area (Å²) in [6.07, 6.45) is 0.596. The van der Waals surface area contributed by atoms with Gasteiger partial charge in [-0.15, -0.1) is 0 Å². The molecule has 0 unspecified atom stereocenters. The van der Waals surface area contributed by atoms with Crippen LogP contribution in [0, 0.1) is 6.92 Å². The van der Waals surface area contributed by atoms with Crippen molar-refractivity contribution in [1.82, 2.24) is 19.0 Å². The fourth-order valence-electron chi connectivity index (χ4n) is 5.15. The summed E-state index contributed by atoms with van der Waals surface area (Å²) in [4.78, 5) is 4.96. The normalized spacial score (nSPS) is 14.9. The molecule has 0 saturated carbocycles. The molecule has 0 N–H and O–H groups in total. The fraction of sp³-hybridized carbons (Fsp3) is 0.367. The average molecular weight is 548 g/mol. The van der Waals surface area contributed by atoms with Crippen LogP contribution in [-0.2, 0) is 21.3 Å². The van der Waals surface area contributed by atoms with E-state index in [1.165, 1.54) is 0 Å². The number of ether oxygens (including phenoxy) is 1. The molecule has 0 amide bonds. The lowest BCUT2D eigenvalue weighted by molar-refractivity contribution is 0.186. The molecular weight excluding hydrogens is 510 g/mol. The van der Waals surface area contributed by atoms with Crippen LogP contribution >= 0.6 is 0 Å². The van der Waals surface area contributed by atoms with Crippen molar-refractivity contribution in [3.05, 3.63) is 84.1 Å².